The predicted octanol–water partition coefficient (Wildman–Crippen LogP) is 3.46. The summed E-state index contributed by atoms with van der Waals surface area (Å²) in [5, 5.41) is 3.32. The molecule has 1 saturated heterocycles. The van der Waals surface area contributed by atoms with Crippen LogP contribution in [0.3, 0.4) is 0 Å². The zero-order valence-electron chi connectivity index (χ0n) is 17.2. The molecule has 8 nitrogen and oxygen atoms in total. The van der Waals surface area contributed by atoms with E-state index in [9.17, 15) is 0 Å². The Morgan fingerprint density at radius 3 is 2.73 bits per heavy atom. The number of benzene rings is 1. The van der Waals surface area contributed by atoms with E-state index in [1.54, 1.807) is 39.0 Å². The molecule has 3 aromatic rings. The van der Waals surface area contributed by atoms with E-state index >= 15 is 0 Å². The average Bonchev–Trinajstić information content (AvgIpc) is 3.34. The van der Waals surface area contributed by atoms with Crippen LogP contribution in [0, 0.1) is 0 Å². The summed E-state index contributed by atoms with van der Waals surface area (Å²) in [7, 11) is 3.27. The van der Waals surface area contributed by atoms with Crippen LogP contribution < -0.4 is 14.8 Å². The minimum atomic E-state index is -0.0450. The van der Waals surface area contributed by atoms with Crippen molar-refractivity contribution in [2.24, 2.45) is 0 Å². The van der Waals surface area contributed by atoms with Crippen molar-refractivity contribution in [3.63, 3.8) is 0 Å². The molecule has 8 heteroatoms. The average molecular weight is 407 g/mol. The van der Waals surface area contributed by atoms with Gasteiger partial charge in [-0.05, 0) is 37.0 Å². The molecule has 3 heterocycles. The minimum absolute atomic E-state index is 0.0450. The molecule has 1 N–H and O–H groups in total. The van der Waals surface area contributed by atoms with Gasteiger partial charge in [0.05, 0.1) is 31.8 Å². The molecular formula is C22H25N5O3. The number of nitrogens with zero attached hydrogens (tertiary/aromatic N) is 4. The van der Waals surface area contributed by atoms with Gasteiger partial charge in [-0.25, -0.2) is 9.97 Å². The van der Waals surface area contributed by atoms with Gasteiger partial charge in [0.15, 0.2) is 11.5 Å². The lowest BCUT2D eigenvalue weighted by Crippen LogP contribution is -2.11. The van der Waals surface area contributed by atoms with Crippen molar-refractivity contribution < 1.29 is 14.2 Å². The third-order valence-corrected chi connectivity index (χ3v) is 5.04. The van der Waals surface area contributed by atoms with E-state index in [2.05, 4.69) is 20.3 Å². The molecule has 1 fully saturated rings. The maximum atomic E-state index is 5.89. The number of aromatic nitrogens is 4. The van der Waals surface area contributed by atoms with Gasteiger partial charge in [0, 0.05) is 37.3 Å². The first kappa shape index (κ1) is 20.0. The number of nitrogens with one attached hydrogen (secondary N) is 1. The molecule has 0 aliphatic carbocycles. The third kappa shape index (κ3) is 4.49. The van der Waals surface area contributed by atoms with Crippen molar-refractivity contribution in [1.82, 2.24) is 19.9 Å². The fraction of sp³-hybridized carbons (Fsp3) is 0.364. The summed E-state index contributed by atoms with van der Waals surface area (Å²) >= 11 is 0. The van der Waals surface area contributed by atoms with E-state index in [1.165, 1.54) is 0 Å². The van der Waals surface area contributed by atoms with Gasteiger partial charge in [-0.15, -0.1) is 0 Å². The predicted molar refractivity (Wildman–Crippen MR) is 113 cm³/mol. The number of ether oxygens (including phenoxy) is 3. The standard InChI is InChI=1S/C22H25N5O3/c1-28-18-6-5-15(12-20(18)29-2)7-8-25-22-26-13-16(17-14-23-9-10-24-17)21(27-22)19-4-3-11-30-19/h5-6,9-10,12-14,19H,3-4,7-8,11H2,1-2H3,(H,25,26,27)/t19-/m0/s1. The first-order valence-corrected chi connectivity index (χ1v) is 9.98. The minimum Gasteiger partial charge on any atom is -0.493 e. The molecule has 4 rings (SSSR count). The van der Waals surface area contributed by atoms with Crippen molar-refractivity contribution in [2.75, 3.05) is 32.7 Å². The van der Waals surface area contributed by atoms with Gasteiger partial charge >= 0.3 is 0 Å². The highest BCUT2D eigenvalue weighted by atomic mass is 16.5. The molecule has 30 heavy (non-hydrogen) atoms. The van der Waals surface area contributed by atoms with Gasteiger partial charge in [0.2, 0.25) is 5.95 Å². The Morgan fingerprint density at radius 2 is 2.00 bits per heavy atom. The molecule has 1 atom stereocenters. The zero-order chi connectivity index (χ0) is 20.8. The summed E-state index contributed by atoms with van der Waals surface area (Å²) in [6.45, 7) is 1.43. The van der Waals surface area contributed by atoms with E-state index in [0.29, 0.717) is 12.5 Å². The Bertz CT molecular complexity index is 978. The van der Waals surface area contributed by atoms with E-state index in [1.807, 2.05) is 18.2 Å². The van der Waals surface area contributed by atoms with Gasteiger partial charge in [-0.2, -0.15) is 0 Å². The molecule has 0 saturated carbocycles. The zero-order valence-corrected chi connectivity index (χ0v) is 17.2. The number of rotatable bonds is 8. The van der Waals surface area contributed by atoms with Crippen LogP contribution in [0.15, 0.2) is 43.0 Å². The molecule has 1 aliphatic heterocycles. The Morgan fingerprint density at radius 1 is 1.10 bits per heavy atom. The maximum absolute atomic E-state index is 5.89. The third-order valence-electron chi connectivity index (χ3n) is 5.04. The second kappa shape index (κ2) is 9.49. The lowest BCUT2D eigenvalue weighted by Gasteiger charge is -2.15. The lowest BCUT2D eigenvalue weighted by molar-refractivity contribution is 0.109. The molecule has 1 aromatic carbocycles. The highest BCUT2D eigenvalue weighted by Crippen LogP contribution is 2.33. The van der Waals surface area contributed by atoms with Crippen LogP contribution in [0.4, 0.5) is 5.95 Å². The first-order valence-electron chi connectivity index (χ1n) is 9.98. The van der Waals surface area contributed by atoms with Crippen LogP contribution in [-0.4, -0.2) is 47.3 Å². The molecule has 0 spiro atoms. The monoisotopic (exact) mass is 407 g/mol. The fourth-order valence-electron chi connectivity index (χ4n) is 3.51. The summed E-state index contributed by atoms with van der Waals surface area (Å²) in [6.07, 6.45) is 9.56. The highest BCUT2D eigenvalue weighted by Gasteiger charge is 2.24. The van der Waals surface area contributed by atoms with Crippen molar-refractivity contribution >= 4 is 5.95 Å². The molecule has 2 aromatic heterocycles. The second-order valence-electron chi connectivity index (χ2n) is 6.95. The normalized spacial score (nSPS) is 15.7. The van der Waals surface area contributed by atoms with Gasteiger partial charge < -0.3 is 19.5 Å². The quantitative estimate of drug-likeness (QED) is 0.607. The summed E-state index contributed by atoms with van der Waals surface area (Å²) < 4.78 is 16.6. The summed E-state index contributed by atoms with van der Waals surface area (Å²) in [5.74, 6) is 2.02. The first-order chi connectivity index (χ1) is 14.8. The lowest BCUT2D eigenvalue weighted by atomic mass is 10.1. The van der Waals surface area contributed by atoms with Crippen LogP contribution in [0.1, 0.15) is 30.2 Å². The fourth-order valence-corrected chi connectivity index (χ4v) is 3.51. The van der Waals surface area contributed by atoms with E-state index in [0.717, 1.165) is 59.9 Å². The van der Waals surface area contributed by atoms with E-state index < -0.39 is 0 Å². The summed E-state index contributed by atoms with van der Waals surface area (Å²) in [6, 6.07) is 5.92. The van der Waals surface area contributed by atoms with Gasteiger partial charge in [0.25, 0.3) is 0 Å². The molecule has 0 bridgehead atoms. The van der Waals surface area contributed by atoms with Crippen LogP contribution in [-0.2, 0) is 11.2 Å². The SMILES string of the molecule is COc1ccc(CCNc2ncc(-c3cnccn3)c([C@@H]3CCCO3)n2)cc1OC. The maximum Gasteiger partial charge on any atom is 0.222 e. The second-order valence-corrected chi connectivity index (χ2v) is 6.95. The van der Waals surface area contributed by atoms with Crippen LogP contribution >= 0.6 is 0 Å². The van der Waals surface area contributed by atoms with E-state index in [-0.39, 0.29) is 6.10 Å². The number of hydrogen-bond acceptors (Lipinski definition) is 8. The van der Waals surface area contributed by atoms with Gasteiger partial charge in [-0.3, -0.25) is 9.97 Å². The summed E-state index contributed by atoms with van der Waals surface area (Å²) in [5.41, 5.74) is 3.60. The topological polar surface area (TPSA) is 91.3 Å². The molecule has 1 aliphatic rings. The van der Waals surface area contributed by atoms with Crippen molar-refractivity contribution in [3.05, 3.63) is 54.2 Å². The van der Waals surface area contributed by atoms with Crippen molar-refractivity contribution in [3.8, 4) is 22.8 Å². The highest BCUT2D eigenvalue weighted by molar-refractivity contribution is 5.61. The van der Waals surface area contributed by atoms with Crippen LogP contribution in [0.5, 0.6) is 11.5 Å². The smallest absolute Gasteiger partial charge is 0.222 e. The molecule has 0 radical (unpaired) electrons. The van der Waals surface area contributed by atoms with Gasteiger partial charge in [0.1, 0.15) is 6.10 Å². The molecule has 156 valence electrons. The van der Waals surface area contributed by atoms with E-state index in [4.69, 9.17) is 19.2 Å². The number of methoxy groups -OCH3 is 2. The molecular weight excluding hydrogens is 382 g/mol. The summed E-state index contributed by atoms with van der Waals surface area (Å²) in [4.78, 5) is 17.8. The largest absolute Gasteiger partial charge is 0.493 e. The Balaban J connectivity index is 1.49. The van der Waals surface area contributed by atoms with Crippen LogP contribution in [0.25, 0.3) is 11.3 Å². The molecule has 0 amide bonds. The van der Waals surface area contributed by atoms with Gasteiger partial charge in [-0.1, -0.05) is 6.07 Å². The Kier molecular flexibility index (Phi) is 6.34. The van der Waals surface area contributed by atoms with Crippen LogP contribution in [0.2, 0.25) is 0 Å². The Labute approximate surface area is 175 Å². The van der Waals surface area contributed by atoms with Crippen molar-refractivity contribution in [1.29, 1.82) is 0 Å². The van der Waals surface area contributed by atoms with Crippen molar-refractivity contribution in [2.45, 2.75) is 25.4 Å². The molecule has 0 unspecified atom stereocenters. The Hall–Kier alpha value is -3.26. The number of anilines is 1. The number of hydrogen-bond donors (Lipinski definition) is 1.